The first-order valence-electron chi connectivity index (χ1n) is 8.98. The summed E-state index contributed by atoms with van der Waals surface area (Å²) in [5, 5.41) is 0. The second kappa shape index (κ2) is 7.89. The van der Waals surface area contributed by atoms with Gasteiger partial charge < -0.3 is 23.5 Å². The van der Waals surface area contributed by atoms with Crippen LogP contribution in [0.3, 0.4) is 0 Å². The third kappa shape index (κ3) is 4.11. The van der Waals surface area contributed by atoms with E-state index in [2.05, 4.69) is 4.72 Å². The van der Waals surface area contributed by atoms with Crippen molar-refractivity contribution in [2.75, 3.05) is 46.1 Å². The molecule has 27 heavy (non-hydrogen) atoms. The van der Waals surface area contributed by atoms with E-state index in [4.69, 9.17) is 18.6 Å². The number of nitrogens with one attached hydrogen (secondary N) is 2. The minimum Gasteiger partial charge on any atom is -0.486 e. The van der Waals surface area contributed by atoms with Gasteiger partial charge in [0, 0.05) is 6.07 Å². The van der Waals surface area contributed by atoms with Crippen molar-refractivity contribution in [3.05, 3.63) is 42.4 Å². The molecule has 0 spiro atoms. The minimum atomic E-state index is -3.69. The predicted molar refractivity (Wildman–Crippen MR) is 95.6 cm³/mol. The van der Waals surface area contributed by atoms with E-state index in [1.165, 1.54) is 17.0 Å². The summed E-state index contributed by atoms with van der Waals surface area (Å²) in [5.41, 5.74) is 0. The number of rotatable bonds is 6. The fourth-order valence-electron chi connectivity index (χ4n) is 3.38. The van der Waals surface area contributed by atoms with Crippen LogP contribution in [0.5, 0.6) is 11.5 Å². The first-order valence-corrected chi connectivity index (χ1v) is 10.5. The largest absolute Gasteiger partial charge is 0.486 e. The van der Waals surface area contributed by atoms with Crippen molar-refractivity contribution in [1.29, 1.82) is 0 Å². The molecule has 1 fully saturated rings. The summed E-state index contributed by atoms with van der Waals surface area (Å²) in [6, 6.07) is 8.24. The molecule has 1 aromatic heterocycles. The minimum absolute atomic E-state index is 0.115. The molecule has 2 aromatic rings. The predicted octanol–water partition coefficient (Wildman–Crippen LogP) is -0.0145. The Kier molecular flexibility index (Phi) is 5.35. The summed E-state index contributed by atoms with van der Waals surface area (Å²) >= 11 is 0. The number of furan rings is 1. The van der Waals surface area contributed by atoms with E-state index >= 15 is 0 Å². The molecule has 0 amide bonds. The highest BCUT2D eigenvalue weighted by molar-refractivity contribution is 7.89. The monoisotopic (exact) mass is 395 g/mol. The van der Waals surface area contributed by atoms with Gasteiger partial charge in [-0.1, -0.05) is 0 Å². The second-order valence-corrected chi connectivity index (χ2v) is 8.26. The van der Waals surface area contributed by atoms with E-state index in [1.54, 1.807) is 12.3 Å². The van der Waals surface area contributed by atoms with Crippen LogP contribution in [0.1, 0.15) is 11.8 Å². The molecule has 3 heterocycles. The van der Waals surface area contributed by atoms with E-state index < -0.39 is 10.0 Å². The van der Waals surface area contributed by atoms with Crippen LogP contribution >= 0.6 is 0 Å². The fourth-order valence-corrected chi connectivity index (χ4v) is 4.45. The number of hydrogen-bond donors (Lipinski definition) is 2. The highest BCUT2D eigenvalue weighted by Gasteiger charge is 2.30. The number of benzene rings is 1. The molecule has 0 saturated carbocycles. The van der Waals surface area contributed by atoms with Gasteiger partial charge in [-0.05, 0) is 24.3 Å². The normalized spacial score (nSPS) is 19.0. The summed E-state index contributed by atoms with van der Waals surface area (Å²) in [6.45, 7) is 4.02. The summed E-state index contributed by atoms with van der Waals surface area (Å²) in [6.07, 6.45) is 1.61. The van der Waals surface area contributed by atoms with Crippen molar-refractivity contribution in [3.8, 4) is 11.5 Å². The summed E-state index contributed by atoms with van der Waals surface area (Å²) < 4.78 is 50.2. The van der Waals surface area contributed by atoms with E-state index in [0.29, 0.717) is 37.9 Å². The van der Waals surface area contributed by atoms with Crippen LogP contribution in [0, 0.1) is 0 Å². The zero-order chi connectivity index (χ0) is 18.7. The van der Waals surface area contributed by atoms with E-state index in [1.807, 2.05) is 12.1 Å². The lowest BCUT2D eigenvalue weighted by Gasteiger charge is -2.30. The Morgan fingerprint density at radius 2 is 1.81 bits per heavy atom. The number of quaternary nitrogens is 1. The maximum Gasteiger partial charge on any atom is 0.240 e. The Labute approximate surface area is 158 Å². The molecule has 146 valence electrons. The Bertz CT molecular complexity index is 862. The van der Waals surface area contributed by atoms with Crippen molar-refractivity contribution in [3.63, 3.8) is 0 Å². The topological polar surface area (TPSA) is 91.4 Å². The van der Waals surface area contributed by atoms with Gasteiger partial charge in [0.05, 0.1) is 30.9 Å². The molecule has 4 rings (SSSR count). The molecule has 0 bridgehead atoms. The van der Waals surface area contributed by atoms with Crippen LogP contribution < -0.4 is 19.1 Å². The lowest BCUT2D eigenvalue weighted by atomic mass is 10.2. The number of sulfonamides is 1. The van der Waals surface area contributed by atoms with Crippen LogP contribution in [0.25, 0.3) is 0 Å². The highest BCUT2D eigenvalue weighted by Crippen LogP contribution is 2.32. The van der Waals surface area contributed by atoms with Crippen LogP contribution in [0.4, 0.5) is 0 Å². The maximum atomic E-state index is 12.8. The number of morpholine rings is 1. The Hall–Kier alpha value is -2.07. The summed E-state index contributed by atoms with van der Waals surface area (Å²) in [7, 11) is -3.69. The first kappa shape index (κ1) is 18.3. The van der Waals surface area contributed by atoms with E-state index in [9.17, 15) is 8.42 Å². The van der Waals surface area contributed by atoms with Crippen LogP contribution in [-0.4, -0.2) is 54.5 Å². The molecule has 1 saturated heterocycles. The lowest BCUT2D eigenvalue weighted by molar-refractivity contribution is -0.938. The molecule has 0 unspecified atom stereocenters. The van der Waals surface area contributed by atoms with Gasteiger partial charge in [-0.15, -0.1) is 0 Å². The molecule has 2 N–H and O–H groups in total. The molecule has 0 radical (unpaired) electrons. The van der Waals surface area contributed by atoms with Gasteiger partial charge in [-0.2, -0.15) is 0 Å². The van der Waals surface area contributed by atoms with Gasteiger partial charge in [0.25, 0.3) is 0 Å². The average Bonchev–Trinajstić information content (AvgIpc) is 3.23. The quantitative estimate of drug-likeness (QED) is 0.715. The van der Waals surface area contributed by atoms with Gasteiger partial charge in [0.15, 0.2) is 23.3 Å². The van der Waals surface area contributed by atoms with Gasteiger partial charge in [0.2, 0.25) is 10.0 Å². The molecular formula is C18H23N2O6S+. The van der Waals surface area contributed by atoms with Crippen LogP contribution in [-0.2, 0) is 14.8 Å². The lowest BCUT2D eigenvalue weighted by Crippen LogP contribution is -3.15. The number of ether oxygens (including phenoxy) is 3. The van der Waals surface area contributed by atoms with Crippen LogP contribution in [0.15, 0.2) is 45.9 Å². The molecule has 1 aromatic carbocycles. The maximum absolute atomic E-state index is 12.8. The number of fused-ring (bicyclic) bond motifs is 1. The molecule has 2 aliphatic rings. The number of hydrogen-bond acceptors (Lipinski definition) is 6. The fraction of sp³-hybridized carbons (Fsp3) is 0.444. The average molecular weight is 395 g/mol. The Morgan fingerprint density at radius 1 is 1.04 bits per heavy atom. The summed E-state index contributed by atoms with van der Waals surface area (Å²) in [4.78, 5) is 1.39. The Morgan fingerprint density at radius 3 is 2.56 bits per heavy atom. The van der Waals surface area contributed by atoms with Gasteiger partial charge in [-0.3, -0.25) is 0 Å². The molecular weight excluding hydrogens is 372 g/mol. The zero-order valence-corrected chi connectivity index (χ0v) is 15.7. The van der Waals surface area contributed by atoms with Crippen molar-refractivity contribution < 1.29 is 31.9 Å². The molecule has 1 atom stereocenters. The zero-order valence-electron chi connectivity index (χ0n) is 14.8. The van der Waals surface area contributed by atoms with Crippen LogP contribution in [0.2, 0.25) is 0 Å². The molecule has 8 nitrogen and oxygen atoms in total. The third-order valence-corrected chi connectivity index (χ3v) is 6.24. The van der Waals surface area contributed by atoms with Gasteiger partial charge >= 0.3 is 0 Å². The Balaban J connectivity index is 1.51. The molecule has 2 aliphatic heterocycles. The summed E-state index contributed by atoms with van der Waals surface area (Å²) in [5.74, 6) is 1.77. The highest BCUT2D eigenvalue weighted by atomic mass is 32.2. The van der Waals surface area contributed by atoms with Gasteiger partial charge in [-0.25, -0.2) is 13.1 Å². The smallest absolute Gasteiger partial charge is 0.240 e. The molecule has 9 heteroatoms. The second-order valence-electron chi connectivity index (χ2n) is 6.50. The third-order valence-electron chi connectivity index (χ3n) is 4.82. The first-order chi connectivity index (χ1) is 13.1. The standard InChI is InChI=1S/C18H22N2O6S/c21-27(22,14-3-4-17-18(12-14)26-11-10-25-17)19-13-15(16-2-1-7-24-16)20-5-8-23-9-6-20/h1-4,7,12,15,19H,5-6,8-11,13H2/p+1/t15-/m1/s1. The van der Waals surface area contributed by atoms with Gasteiger partial charge in [0.1, 0.15) is 26.3 Å². The SMILES string of the molecule is O=S(=O)(NC[C@H](c1ccco1)[NH+]1CCOCC1)c1ccc2c(c1)OCCO2. The van der Waals surface area contributed by atoms with Crippen molar-refractivity contribution in [2.45, 2.75) is 10.9 Å². The van der Waals surface area contributed by atoms with Crippen molar-refractivity contribution >= 4 is 10.0 Å². The van der Waals surface area contributed by atoms with Crippen molar-refractivity contribution in [2.24, 2.45) is 0 Å². The molecule has 0 aliphatic carbocycles. The van der Waals surface area contributed by atoms with E-state index in [0.717, 1.165) is 18.8 Å². The van der Waals surface area contributed by atoms with Crippen molar-refractivity contribution in [1.82, 2.24) is 4.72 Å². The van der Waals surface area contributed by atoms with E-state index in [-0.39, 0.29) is 17.5 Å².